The maximum absolute atomic E-state index is 15.1. The number of allylic oxidation sites excluding steroid dienone is 3. The third-order valence-corrected chi connectivity index (χ3v) is 14.1. The quantitative estimate of drug-likeness (QED) is 0.0745. The molecule has 3 fully saturated rings. The summed E-state index contributed by atoms with van der Waals surface area (Å²) in [4.78, 5) is 72.3. The highest BCUT2D eigenvalue weighted by Gasteiger charge is 2.67. The molecule has 58 heavy (non-hydrogen) atoms. The number of fused-ring (bicyclic) bond motifs is 5. The van der Waals surface area contributed by atoms with Crippen LogP contribution in [-0.2, 0) is 26.2 Å². The van der Waals surface area contributed by atoms with Crippen molar-refractivity contribution in [1.29, 1.82) is 0 Å². The standard InChI is InChI=1S/C43H36ClN5O8S/c1-21-28-18-23(44)7-16-35(28)58-38(21)32-20-36(46(3)45-32)48-40(52)31-19-29-26(30(43(31,2)42(48)54)14-5-22-6-15-33(50)34(17-22)57-4)12-13-27-37(29)41(53)47(39(27)51)24-8-10-25(11-9-24)49(55)56/h5-12,14-18,20,27,29-31,37,50H,13,19H2,1-4H3/t27-,29+,30-,31-,37-,43-/m0/s1. The molecular formula is C43H36ClN5O8S. The Morgan fingerprint density at radius 3 is 2.48 bits per heavy atom. The number of aromatic nitrogens is 2. The number of nitrogens with zero attached hydrogens (tertiary/aromatic N) is 5. The number of rotatable bonds is 7. The molecule has 4 heterocycles. The summed E-state index contributed by atoms with van der Waals surface area (Å²) in [5, 5.41) is 28.0. The topological polar surface area (TPSA) is 165 Å². The number of nitro groups is 1. The fourth-order valence-corrected chi connectivity index (χ4v) is 11.0. The van der Waals surface area contributed by atoms with Crippen molar-refractivity contribution in [1.82, 2.24) is 9.78 Å². The molecular weight excluding hydrogens is 782 g/mol. The number of imide groups is 2. The van der Waals surface area contributed by atoms with Gasteiger partial charge < -0.3 is 9.84 Å². The van der Waals surface area contributed by atoms with E-state index in [1.54, 1.807) is 48.2 Å². The van der Waals surface area contributed by atoms with E-state index in [9.17, 15) is 29.6 Å². The monoisotopic (exact) mass is 817 g/mol. The average molecular weight is 818 g/mol. The first-order valence-corrected chi connectivity index (χ1v) is 19.9. The van der Waals surface area contributed by atoms with E-state index in [0.717, 1.165) is 31.0 Å². The summed E-state index contributed by atoms with van der Waals surface area (Å²) in [6, 6.07) is 17.6. The van der Waals surface area contributed by atoms with Crippen molar-refractivity contribution in [2.24, 2.45) is 42.1 Å². The number of non-ortho nitro benzene ring substituents is 1. The van der Waals surface area contributed by atoms with Crippen molar-refractivity contribution < 1.29 is 33.9 Å². The van der Waals surface area contributed by atoms with Crippen molar-refractivity contribution in [3.05, 3.63) is 111 Å². The minimum atomic E-state index is -1.29. The Balaban J connectivity index is 1.13. The number of methoxy groups -OCH3 is 1. The Morgan fingerprint density at radius 2 is 1.76 bits per heavy atom. The van der Waals surface area contributed by atoms with Crippen LogP contribution in [0.1, 0.15) is 30.9 Å². The van der Waals surface area contributed by atoms with Gasteiger partial charge >= 0.3 is 0 Å². The number of thiophene rings is 1. The number of ether oxygens (including phenoxy) is 1. The van der Waals surface area contributed by atoms with Gasteiger partial charge in [0.25, 0.3) is 5.69 Å². The summed E-state index contributed by atoms with van der Waals surface area (Å²) >= 11 is 7.86. The molecule has 1 saturated carbocycles. The molecule has 2 aromatic heterocycles. The van der Waals surface area contributed by atoms with Gasteiger partial charge in [-0.3, -0.25) is 38.9 Å². The number of carbonyl (C=O) groups excluding carboxylic acids is 4. The molecule has 5 aromatic rings. The molecule has 2 aliphatic carbocycles. The van der Waals surface area contributed by atoms with Crippen LogP contribution in [0.3, 0.4) is 0 Å². The highest BCUT2D eigenvalue weighted by atomic mass is 35.5. The fraction of sp³-hybridized carbons (Fsp3) is 0.279. The average Bonchev–Trinajstić information content (AvgIpc) is 3.88. The van der Waals surface area contributed by atoms with Gasteiger partial charge in [-0.15, -0.1) is 11.3 Å². The molecule has 2 aliphatic heterocycles. The SMILES string of the molecule is COc1cc(C=C[C@H]2C3=CC[C@@H]4C(=O)N(c5ccc([N+](=O)[O-])cc5)C(=O)[C@@H]4[C@@H]3C[C@H]3C(=O)N(c4cc(-c5sc6ccc(Cl)cc6c5C)nn4C)C(=O)[C@@]23C)ccc1O. The molecule has 1 N–H and O–H groups in total. The fourth-order valence-electron chi connectivity index (χ4n) is 9.64. The molecule has 0 unspecified atom stereocenters. The van der Waals surface area contributed by atoms with E-state index >= 15 is 4.79 Å². The first kappa shape index (κ1) is 37.5. The number of carbonyl (C=O) groups is 4. The van der Waals surface area contributed by atoms with Crippen LogP contribution in [0.25, 0.3) is 26.7 Å². The minimum absolute atomic E-state index is 0.0372. The second kappa shape index (κ2) is 13.5. The maximum atomic E-state index is 15.1. The number of aryl methyl sites for hydroxylation is 2. The van der Waals surface area contributed by atoms with Crippen molar-refractivity contribution in [2.75, 3.05) is 16.9 Å². The number of hydrogen-bond donors (Lipinski definition) is 1. The van der Waals surface area contributed by atoms with E-state index in [2.05, 4.69) is 0 Å². The van der Waals surface area contributed by atoms with E-state index in [0.29, 0.717) is 22.1 Å². The van der Waals surface area contributed by atoms with Crippen LogP contribution in [0.4, 0.5) is 17.2 Å². The molecule has 0 bridgehead atoms. The minimum Gasteiger partial charge on any atom is -0.504 e. The van der Waals surface area contributed by atoms with Gasteiger partial charge in [-0.05, 0) is 91.6 Å². The molecule has 0 radical (unpaired) electrons. The summed E-state index contributed by atoms with van der Waals surface area (Å²) in [6.45, 7) is 3.79. The number of anilines is 2. The van der Waals surface area contributed by atoms with Crippen LogP contribution in [0.15, 0.2) is 84.5 Å². The predicted octanol–water partition coefficient (Wildman–Crippen LogP) is 7.87. The van der Waals surface area contributed by atoms with Gasteiger partial charge in [-0.2, -0.15) is 5.10 Å². The lowest BCUT2D eigenvalue weighted by Gasteiger charge is -2.47. The van der Waals surface area contributed by atoms with Crippen LogP contribution in [-0.4, -0.2) is 50.5 Å². The van der Waals surface area contributed by atoms with E-state index in [1.165, 1.54) is 42.3 Å². The highest BCUT2D eigenvalue weighted by molar-refractivity contribution is 7.22. The number of phenolic OH excluding ortho intramolecular Hbond substituents is 1. The highest BCUT2D eigenvalue weighted by Crippen LogP contribution is 2.61. The molecule has 15 heteroatoms. The van der Waals surface area contributed by atoms with Crippen LogP contribution < -0.4 is 14.5 Å². The summed E-state index contributed by atoms with van der Waals surface area (Å²) in [6.07, 6.45) is 6.02. The Morgan fingerprint density at radius 1 is 1.00 bits per heavy atom. The molecule has 2 saturated heterocycles. The van der Waals surface area contributed by atoms with Gasteiger partial charge in [0.05, 0.1) is 45.8 Å². The molecule has 6 atom stereocenters. The van der Waals surface area contributed by atoms with Gasteiger partial charge in [-0.25, -0.2) is 4.90 Å². The molecule has 294 valence electrons. The smallest absolute Gasteiger partial charge is 0.269 e. The number of amides is 4. The summed E-state index contributed by atoms with van der Waals surface area (Å²) < 4.78 is 7.90. The van der Waals surface area contributed by atoms with E-state index in [1.807, 2.05) is 43.4 Å². The van der Waals surface area contributed by atoms with Crippen molar-refractivity contribution >= 4 is 79.9 Å². The third-order valence-electron chi connectivity index (χ3n) is 12.6. The summed E-state index contributed by atoms with van der Waals surface area (Å²) in [5.74, 6) is -4.78. The molecule has 3 aromatic carbocycles. The van der Waals surface area contributed by atoms with Crippen LogP contribution in [0, 0.1) is 52.0 Å². The lowest BCUT2D eigenvalue weighted by atomic mass is 9.52. The normalized spacial score (nSPS) is 25.4. The molecule has 4 amide bonds. The number of nitro benzene ring substituents is 1. The maximum Gasteiger partial charge on any atom is 0.269 e. The van der Waals surface area contributed by atoms with E-state index < -0.39 is 63.6 Å². The Hall–Kier alpha value is -6.12. The lowest BCUT2D eigenvalue weighted by Crippen LogP contribution is -2.49. The summed E-state index contributed by atoms with van der Waals surface area (Å²) in [5.41, 5.74) is 1.82. The number of benzene rings is 3. The van der Waals surface area contributed by atoms with Crippen LogP contribution in [0.2, 0.25) is 5.02 Å². The largest absolute Gasteiger partial charge is 0.504 e. The van der Waals surface area contributed by atoms with Crippen LogP contribution >= 0.6 is 22.9 Å². The number of halogens is 1. The lowest BCUT2D eigenvalue weighted by molar-refractivity contribution is -0.384. The first-order valence-electron chi connectivity index (χ1n) is 18.7. The first-order chi connectivity index (χ1) is 27.7. The molecule has 9 rings (SSSR count). The van der Waals surface area contributed by atoms with E-state index in [-0.39, 0.29) is 35.7 Å². The second-order valence-corrected chi connectivity index (χ2v) is 17.0. The van der Waals surface area contributed by atoms with Gasteiger partial charge in [0, 0.05) is 40.9 Å². The predicted molar refractivity (Wildman–Crippen MR) is 218 cm³/mol. The van der Waals surface area contributed by atoms with Crippen molar-refractivity contribution in [3.8, 4) is 22.1 Å². The molecule has 4 aliphatic rings. The second-order valence-electron chi connectivity index (χ2n) is 15.5. The van der Waals surface area contributed by atoms with Gasteiger partial charge in [-0.1, -0.05) is 41.5 Å². The van der Waals surface area contributed by atoms with Crippen LogP contribution in [0.5, 0.6) is 11.5 Å². The number of hydrogen-bond acceptors (Lipinski definition) is 10. The number of aromatic hydroxyl groups is 1. The van der Waals surface area contributed by atoms with Gasteiger partial charge in [0.1, 0.15) is 11.5 Å². The van der Waals surface area contributed by atoms with Gasteiger partial charge in [0.2, 0.25) is 23.6 Å². The van der Waals surface area contributed by atoms with Crippen molar-refractivity contribution in [3.63, 3.8) is 0 Å². The van der Waals surface area contributed by atoms with Gasteiger partial charge in [0.15, 0.2) is 11.5 Å². The van der Waals surface area contributed by atoms with Crippen molar-refractivity contribution in [2.45, 2.75) is 26.7 Å². The number of phenols is 1. The third kappa shape index (κ3) is 5.45. The molecule has 13 nitrogen and oxygen atoms in total. The summed E-state index contributed by atoms with van der Waals surface area (Å²) in [7, 11) is 3.14. The zero-order valence-corrected chi connectivity index (χ0v) is 33.3. The zero-order chi connectivity index (χ0) is 40.9. The Labute approximate surface area is 340 Å². The zero-order valence-electron chi connectivity index (χ0n) is 31.7. The molecule has 0 spiro atoms. The Bertz CT molecular complexity index is 2700. The Kier molecular flexibility index (Phi) is 8.71. The van der Waals surface area contributed by atoms with E-state index in [4.69, 9.17) is 21.4 Å².